The second kappa shape index (κ2) is 6.08. The molecule has 2 aromatic rings. The smallest absolute Gasteiger partial charge is 0.226 e. The van der Waals surface area contributed by atoms with Crippen LogP contribution in [-0.2, 0) is 4.79 Å². The van der Waals surface area contributed by atoms with E-state index in [1.165, 1.54) is 12.0 Å². The highest BCUT2D eigenvalue weighted by atomic mass is 32.1. The lowest BCUT2D eigenvalue weighted by atomic mass is 10.0. The van der Waals surface area contributed by atoms with E-state index in [0.29, 0.717) is 11.8 Å². The molecular weight excluding hydrogens is 304 g/mol. The molecule has 0 unspecified atom stereocenters. The average Bonchev–Trinajstić information content (AvgIpc) is 3.29. The van der Waals surface area contributed by atoms with Crippen LogP contribution in [0.25, 0.3) is 0 Å². The molecule has 1 saturated heterocycles. The zero-order chi connectivity index (χ0) is 15.8. The van der Waals surface area contributed by atoms with Gasteiger partial charge in [0.05, 0.1) is 6.04 Å². The first-order valence-electron chi connectivity index (χ1n) is 8.51. The number of hydrogen-bond acceptors (Lipinski definition) is 3. The molecule has 1 aliphatic carbocycles. The van der Waals surface area contributed by atoms with Crippen LogP contribution in [0.1, 0.15) is 53.9 Å². The normalized spacial score (nSPS) is 27.0. The number of nitrogens with zero attached hydrogens (tertiary/aromatic N) is 2. The molecule has 1 aliphatic heterocycles. The number of rotatable bonds is 3. The van der Waals surface area contributed by atoms with Gasteiger partial charge in [0, 0.05) is 23.5 Å². The number of likely N-dealkylation sites (tertiary alicyclic amines) is 1. The maximum Gasteiger partial charge on any atom is 0.226 e. The predicted octanol–water partition coefficient (Wildman–Crippen LogP) is 4.31. The summed E-state index contributed by atoms with van der Waals surface area (Å²) in [6.07, 6.45) is 4.37. The monoisotopic (exact) mass is 326 g/mol. The van der Waals surface area contributed by atoms with Crippen molar-refractivity contribution in [3.8, 4) is 0 Å². The molecule has 1 saturated carbocycles. The maximum atomic E-state index is 13.0. The molecule has 23 heavy (non-hydrogen) atoms. The molecule has 2 heterocycles. The minimum Gasteiger partial charge on any atom is -0.333 e. The molecule has 4 heteroatoms. The van der Waals surface area contributed by atoms with Gasteiger partial charge in [-0.15, -0.1) is 11.3 Å². The van der Waals surface area contributed by atoms with Crippen LogP contribution in [-0.4, -0.2) is 22.3 Å². The lowest BCUT2D eigenvalue weighted by Crippen LogP contribution is -2.39. The molecule has 4 rings (SSSR count). The number of carbonyl (C=O) groups is 1. The summed E-state index contributed by atoms with van der Waals surface area (Å²) in [6.45, 7) is 2.92. The van der Waals surface area contributed by atoms with E-state index < -0.39 is 0 Å². The van der Waals surface area contributed by atoms with Crippen molar-refractivity contribution in [1.29, 1.82) is 0 Å². The van der Waals surface area contributed by atoms with Crippen LogP contribution in [0.5, 0.6) is 0 Å². The van der Waals surface area contributed by atoms with Crippen molar-refractivity contribution in [2.45, 2.75) is 44.6 Å². The van der Waals surface area contributed by atoms with Crippen LogP contribution < -0.4 is 0 Å². The summed E-state index contributed by atoms with van der Waals surface area (Å²) in [5, 5.41) is 3.21. The summed E-state index contributed by atoms with van der Waals surface area (Å²) >= 11 is 1.70. The van der Waals surface area contributed by atoms with Gasteiger partial charge in [0.1, 0.15) is 5.01 Å². The highest BCUT2D eigenvalue weighted by molar-refractivity contribution is 7.09. The number of hydrogen-bond donors (Lipinski definition) is 0. The molecule has 2 aliphatic rings. The van der Waals surface area contributed by atoms with E-state index in [2.05, 4.69) is 39.5 Å². The van der Waals surface area contributed by atoms with Gasteiger partial charge in [-0.3, -0.25) is 4.79 Å². The number of carbonyl (C=O) groups excluding carboxylic acids is 1. The van der Waals surface area contributed by atoms with E-state index in [0.717, 1.165) is 36.5 Å². The number of piperidine rings is 1. The molecule has 0 N–H and O–H groups in total. The summed E-state index contributed by atoms with van der Waals surface area (Å²) in [5.41, 5.74) is 2.38. The van der Waals surface area contributed by atoms with Crippen LogP contribution in [0, 0.1) is 12.8 Å². The zero-order valence-electron chi connectivity index (χ0n) is 13.4. The highest BCUT2D eigenvalue weighted by Gasteiger charge is 2.47. The highest BCUT2D eigenvalue weighted by Crippen LogP contribution is 2.50. The number of aryl methyl sites for hydroxylation is 1. The Morgan fingerprint density at radius 2 is 2.09 bits per heavy atom. The fourth-order valence-electron chi connectivity index (χ4n) is 3.73. The minimum absolute atomic E-state index is 0.180. The fraction of sp³-hybridized carbons (Fsp3) is 0.474. The van der Waals surface area contributed by atoms with Crippen LogP contribution >= 0.6 is 11.3 Å². The molecule has 0 radical (unpaired) electrons. The fourth-order valence-corrected chi connectivity index (χ4v) is 4.67. The van der Waals surface area contributed by atoms with Gasteiger partial charge in [-0.2, -0.15) is 0 Å². The predicted molar refractivity (Wildman–Crippen MR) is 92.4 cm³/mol. The van der Waals surface area contributed by atoms with Crippen LogP contribution in [0.15, 0.2) is 35.7 Å². The van der Waals surface area contributed by atoms with Gasteiger partial charge in [0.2, 0.25) is 5.91 Å². The Balaban J connectivity index is 1.51. The molecule has 0 bridgehead atoms. The van der Waals surface area contributed by atoms with Crippen molar-refractivity contribution in [3.05, 3.63) is 52.0 Å². The molecule has 120 valence electrons. The number of amides is 1. The lowest BCUT2D eigenvalue weighted by Gasteiger charge is -2.35. The van der Waals surface area contributed by atoms with Gasteiger partial charge in [-0.1, -0.05) is 30.3 Å². The molecule has 3 nitrogen and oxygen atoms in total. The topological polar surface area (TPSA) is 33.2 Å². The van der Waals surface area contributed by atoms with Crippen LogP contribution in [0.4, 0.5) is 0 Å². The van der Waals surface area contributed by atoms with E-state index in [4.69, 9.17) is 0 Å². The van der Waals surface area contributed by atoms with Crippen LogP contribution in [0.3, 0.4) is 0 Å². The molecule has 2 fully saturated rings. The SMILES string of the molecule is Cc1csc([C@@H]2CCCCN2C(=O)[C@@H]2C[C@H]2c2ccccc2)n1. The molecule has 1 amide bonds. The third kappa shape index (κ3) is 2.92. The van der Waals surface area contributed by atoms with Crippen molar-refractivity contribution in [2.75, 3.05) is 6.54 Å². The second-order valence-corrected chi connectivity index (χ2v) is 7.62. The first-order valence-corrected chi connectivity index (χ1v) is 9.39. The van der Waals surface area contributed by atoms with Gasteiger partial charge in [0.25, 0.3) is 0 Å². The number of aromatic nitrogens is 1. The first kappa shape index (κ1) is 14.9. The molecular formula is C19H22N2OS. The molecule has 3 atom stereocenters. The Morgan fingerprint density at radius 3 is 2.83 bits per heavy atom. The van der Waals surface area contributed by atoms with Gasteiger partial charge >= 0.3 is 0 Å². The third-order valence-electron chi connectivity index (χ3n) is 5.04. The van der Waals surface area contributed by atoms with E-state index in [1.807, 2.05) is 13.0 Å². The molecule has 0 spiro atoms. The largest absolute Gasteiger partial charge is 0.333 e. The number of thiazole rings is 1. The first-order chi connectivity index (χ1) is 11.2. The summed E-state index contributed by atoms with van der Waals surface area (Å²) in [5.74, 6) is 0.944. The quantitative estimate of drug-likeness (QED) is 0.842. The van der Waals surface area contributed by atoms with E-state index >= 15 is 0 Å². The maximum absolute atomic E-state index is 13.0. The van der Waals surface area contributed by atoms with Gasteiger partial charge in [-0.05, 0) is 44.1 Å². The standard InChI is InChI=1S/C19H22N2OS/c1-13-12-23-18(20-13)17-9-5-6-10-21(17)19(22)16-11-15(16)14-7-3-2-4-8-14/h2-4,7-8,12,15-17H,5-6,9-11H2,1H3/t15-,16+,17-/m0/s1. The third-order valence-corrected chi connectivity index (χ3v) is 6.11. The van der Waals surface area contributed by atoms with Gasteiger partial charge < -0.3 is 4.90 Å². The summed E-state index contributed by atoms with van der Waals surface area (Å²) in [7, 11) is 0. The molecule has 1 aromatic carbocycles. The second-order valence-electron chi connectivity index (χ2n) is 6.73. The van der Waals surface area contributed by atoms with Gasteiger partial charge in [-0.25, -0.2) is 4.98 Å². The Hall–Kier alpha value is -1.68. The Kier molecular flexibility index (Phi) is 3.93. The van der Waals surface area contributed by atoms with Crippen LogP contribution in [0.2, 0.25) is 0 Å². The molecule has 1 aromatic heterocycles. The van der Waals surface area contributed by atoms with Gasteiger partial charge in [0.15, 0.2) is 0 Å². The Morgan fingerprint density at radius 1 is 1.26 bits per heavy atom. The van der Waals surface area contributed by atoms with Crippen molar-refractivity contribution in [3.63, 3.8) is 0 Å². The lowest BCUT2D eigenvalue weighted by molar-refractivity contribution is -0.136. The van der Waals surface area contributed by atoms with Crippen molar-refractivity contribution < 1.29 is 4.79 Å². The van der Waals surface area contributed by atoms with E-state index in [1.54, 1.807) is 11.3 Å². The summed E-state index contributed by atoms with van der Waals surface area (Å²) in [4.78, 5) is 19.8. The minimum atomic E-state index is 0.180. The van der Waals surface area contributed by atoms with Crippen molar-refractivity contribution >= 4 is 17.2 Å². The van der Waals surface area contributed by atoms with E-state index in [9.17, 15) is 4.79 Å². The average molecular weight is 326 g/mol. The Bertz CT molecular complexity index is 696. The van der Waals surface area contributed by atoms with Crippen molar-refractivity contribution in [2.24, 2.45) is 5.92 Å². The zero-order valence-corrected chi connectivity index (χ0v) is 14.3. The Labute approximate surface area is 141 Å². The van der Waals surface area contributed by atoms with E-state index in [-0.39, 0.29) is 12.0 Å². The van der Waals surface area contributed by atoms with Crippen molar-refractivity contribution in [1.82, 2.24) is 9.88 Å². The summed E-state index contributed by atoms with van der Waals surface area (Å²) < 4.78 is 0. The summed E-state index contributed by atoms with van der Waals surface area (Å²) in [6, 6.07) is 10.7. The number of benzene rings is 1.